The van der Waals surface area contributed by atoms with Gasteiger partial charge in [-0.05, 0) is 30.2 Å². The number of hydrogen-bond acceptors (Lipinski definition) is 2. The number of carbonyl (C=O) groups is 1. The number of halogens is 2. The van der Waals surface area contributed by atoms with E-state index >= 15 is 0 Å². The van der Waals surface area contributed by atoms with Gasteiger partial charge in [0.2, 0.25) is 5.91 Å². The van der Waals surface area contributed by atoms with Crippen molar-refractivity contribution in [1.29, 1.82) is 0 Å². The second-order valence-corrected chi connectivity index (χ2v) is 4.69. The van der Waals surface area contributed by atoms with Gasteiger partial charge in [0.1, 0.15) is 5.82 Å². The number of hydrogen-bond donors (Lipinski definition) is 1. The number of carbonyl (C=O) groups excluding carboxylic acids is 1. The predicted molar refractivity (Wildman–Crippen MR) is 67.0 cm³/mol. The van der Waals surface area contributed by atoms with Crippen LogP contribution >= 0.6 is 15.9 Å². The van der Waals surface area contributed by atoms with Crippen LogP contribution in [0.3, 0.4) is 0 Å². The zero-order chi connectivity index (χ0) is 12.4. The largest absolute Gasteiger partial charge is 0.322 e. The summed E-state index contributed by atoms with van der Waals surface area (Å²) in [7, 11) is 0. The molecule has 3 nitrogen and oxygen atoms in total. The molecule has 0 spiro atoms. The highest BCUT2D eigenvalue weighted by Gasteiger charge is 2.23. The summed E-state index contributed by atoms with van der Waals surface area (Å²) >= 11 is 3.16. The first kappa shape index (κ1) is 12.5. The van der Waals surface area contributed by atoms with E-state index in [0.717, 1.165) is 11.1 Å². The van der Waals surface area contributed by atoms with E-state index in [1.807, 2.05) is 6.92 Å². The number of nitrogens with one attached hydrogen (secondary N) is 1. The predicted octanol–water partition coefficient (Wildman–Crippen LogP) is 2.00. The van der Waals surface area contributed by atoms with E-state index in [1.54, 1.807) is 11.0 Å². The second-order valence-electron chi connectivity index (χ2n) is 4.13. The lowest BCUT2D eigenvalue weighted by molar-refractivity contribution is -0.131. The van der Waals surface area contributed by atoms with Gasteiger partial charge in [-0.1, -0.05) is 22.0 Å². The summed E-state index contributed by atoms with van der Waals surface area (Å²) in [5, 5.41) is 3.53. The number of rotatable bonds is 1. The zero-order valence-electron chi connectivity index (χ0n) is 9.54. The Bertz CT molecular complexity index is 439. The van der Waals surface area contributed by atoms with Crippen LogP contribution < -0.4 is 5.32 Å². The maximum Gasteiger partial charge on any atom is 0.234 e. The maximum atomic E-state index is 13.2. The molecule has 17 heavy (non-hydrogen) atoms. The summed E-state index contributed by atoms with van der Waals surface area (Å²) in [6.45, 7) is 3.04. The van der Waals surface area contributed by atoms with Crippen LogP contribution in [-0.2, 0) is 17.9 Å². The maximum absolute atomic E-state index is 13.2. The molecule has 92 valence electrons. The minimum absolute atomic E-state index is 0.00195. The lowest BCUT2D eigenvalue weighted by atomic mass is 10.1. The molecule has 5 heteroatoms. The molecule has 2 rings (SSSR count). The lowest BCUT2D eigenvalue weighted by Crippen LogP contribution is -2.45. The molecule has 0 fully saturated rings. The monoisotopic (exact) mass is 300 g/mol. The number of nitrogens with zero attached hydrogens (tertiary/aromatic N) is 1. The van der Waals surface area contributed by atoms with Crippen LogP contribution in [0.5, 0.6) is 0 Å². The fraction of sp³-hybridized carbons (Fsp3) is 0.417. The first-order valence-electron chi connectivity index (χ1n) is 5.48. The van der Waals surface area contributed by atoms with E-state index in [2.05, 4.69) is 21.2 Å². The Morgan fingerprint density at radius 2 is 2.35 bits per heavy atom. The highest BCUT2D eigenvalue weighted by Crippen LogP contribution is 2.19. The van der Waals surface area contributed by atoms with Crippen molar-refractivity contribution >= 4 is 21.8 Å². The lowest BCUT2D eigenvalue weighted by Gasteiger charge is -2.27. The second kappa shape index (κ2) is 5.14. The van der Waals surface area contributed by atoms with Gasteiger partial charge in [-0.2, -0.15) is 0 Å². The highest BCUT2D eigenvalue weighted by molar-refractivity contribution is 9.09. The number of benzene rings is 1. The first-order valence-corrected chi connectivity index (χ1v) is 6.60. The molecule has 1 amide bonds. The molecule has 0 saturated heterocycles. The Morgan fingerprint density at radius 1 is 1.59 bits per heavy atom. The summed E-state index contributed by atoms with van der Waals surface area (Å²) in [6.07, 6.45) is -0.0458. The fourth-order valence-electron chi connectivity index (χ4n) is 1.98. The molecule has 1 N–H and O–H groups in total. The summed E-state index contributed by atoms with van der Waals surface area (Å²) in [4.78, 5) is 13.5. The van der Waals surface area contributed by atoms with Crippen LogP contribution in [-0.4, -0.2) is 22.3 Å². The van der Waals surface area contributed by atoms with E-state index in [-0.39, 0.29) is 23.2 Å². The van der Waals surface area contributed by atoms with Crippen molar-refractivity contribution in [3.8, 4) is 0 Å². The van der Waals surface area contributed by atoms with Crippen LogP contribution in [0, 0.1) is 5.82 Å². The Morgan fingerprint density at radius 3 is 3.06 bits per heavy atom. The average Bonchev–Trinajstić information content (AvgIpc) is 2.48. The molecule has 1 aliphatic heterocycles. The van der Waals surface area contributed by atoms with Crippen LogP contribution in [0.15, 0.2) is 18.2 Å². The third-order valence-corrected chi connectivity index (χ3v) is 3.48. The van der Waals surface area contributed by atoms with Gasteiger partial charge >= 0.3 is 0 Å². The van der Waals surface area contributed by atoms with Gasteiger partial charge in [0.15, 0.2) is 0 Å². The fourth-order valence-corrected chi connectivity index (χ4v) is 2.31. The molecular formula is C12H14BrFN2O. The molecule has 1 aliphatic rings. The van der Waals surface area contributed by atoms with Gasteiger partial charge in [-0.3, -0.25) is 10.1 Å². The topological polar surface area (TPSA) is 32.3 Å². The third-order valence-electron chi connectivity index (χ3n) is 3.00. The number of amides is 1. The van der Waals surface area contributed by atoms with Gasteiger partial charge in [-0.15, -0.1) is 0 Å². The van der Waals surface area contributed by atoms with Crippen molar-refractivity contribution < 1.29 is 9.18 Å². The summed E-state index contributed by atoms with van der Waals surface area (Å²) in [6, 6.07) is 4.73. The minimum atomic E-state index is -0.260. The van der Waals surface area contributed by atoms with Crippen LogP contribution in [0.4, 0.5) is 4.39 Å². The van der Waals surface area contributed by atoms with Crippen LogP contribution in [0.25, 0.3) is 0 Å². The molecule has 0 unspecified atom stereocenters. The van der Waals surface area contributed by atoms with Crippen molar-refractivity contribution in [2.24, 2.45) is 0 Å². The van der Waals surface area contributed by atoms with E-state index in [9.17, 15) is 9.18 Å². The van der Waals surface area contributed by atoms with Gasteiger partial charge in [0.05, 0.1) is 11.5 Å². The van der Waals surface area contributed by atoms with Gasteiger partial charge in [0.25, 0.3) is 0 Å². The minimum Gasteiger partial charge on any atom is -0.322 e. The zero-order valence-corrected chi connectivity index (χ0v) is 11.1. The Hall–Kier alpha value is -0.940. The quantitative estimate of drug-likeness (QED) is 0.805. The van der Waals surface area contributed by atoms with Crippen molar-refractivity contribution in [2.45, 2.75) is 26.2 Å². The molecule has 0 aromatic heterocycles. The Kier molecular flexibility index (Phi) is 3.79. The Balaban J connectivity index is 2.31. The molecule has 1 atom stereocenters. The number of alkyl halides is 1. The number of fused-ring (bicyclic) bond motifs is 1. The summed E-state index contributed by atoms with van der Waals surface area (Å²) in [5.74, 6) is -0.258. The van der Waals surface area contributed by atoms with E-state index in [1.165, 1.54) is 12.1 Å². The van der Waals surface area contributed by atoms with Crippen LogP contribution in [0.1, 0.15) is 18.1 Å². The summed E-state index contributed by atoms with van der Waals surface area (Å²) < 4.78 is 13.2. The van der Waals surface area contributed by atoms with Crippen molar-refractivity contribution in [3.63, 3.8) is 0 Å². The normalized spacial score (nSPS) is 19.7. The van der Waals surface area contributed by atoms with E-state index < -0.39 is 0 Å². The third kappa shape index (κ3) is 2.66. The first-order chi connectivity index (χ1) is 8.11. The molecule has 1 aromatic carbocycles. The van der Waals surface area contributed by atoms with E-state index in [0.29, 0.717) is 13.1 Å². The molecule has 0 saturated carbocycles. The van der Waals surface area contributed by atoms with Crippen molar-refractivity contribution in [3.05, 3.63) is 35.1 Å². The van der Waals surface area contributed by atoms with Crippen molar-refractivity contribution in [1.82, 2.24) is 10.2 Å². The van der Waals surface area contributed by atoms with Crippen molar-refractivity contribution in [2.75, 3.05) is 5.33 Å². The molecule has 1 aromatic rings. The van der Waals surface area contributed by atoms with Gasteiger partial charge in [0, 0.05) is 13.1 Å². The molecule has 0 aliphatic carbocycles. The van der Waals surface area contributed by atoms with E-state index in [4.69, 9.17) is 0 Å². The smallest absolute Gasteiger partial charge is 0.234 e. The standard InChI is InChI=1S/C12H14BrFN2O/c1-8-15-6-9-2-3-11(14)4-10(9)7-16(8)12(17)5-13/h2-4,8,15H,5-7H2,1H3/t8-/m1/s1. The SMILES string of the molecule is C[C@@H]1NCc2ccc(F)cc2CN1C(=O)CBr. The molecule has 0 radical (unpaired) electrons. The average molecular weight is 301 g/mol. The van der Waals surface area contributed by atoms with Crippen LogP contribution in [0.2, 0.25) is 0 Å². The molecule has 0 bridgehead atoms. The Labute approximate surface area is 108 Å². The summed E-state index contributed by atoms with van der Waals surface area (Å²) in [5.41, 5.74) is 1.92. The highest BCUT2D eigenvalue weighted by atomic mass is 79.9. The van der Waals surface area contributed by atoms with Gasteiger partial charge < -0.3 is 4.90 Å². The van der Waals surface area contributed by atoms with Gasteiger partial charge in [-0.25, -0.2) is 4.39 Å². The molecular weight excluding hydrogens is 287 g/mol. The molecule has 1 heterocycles.